The van der Waals surface area contributed by atoms with E-state index in [0.717, 1.165) is 5.92 Å². The van der Waals surface area contributed by atoms with Crippen molar-refractivity contribution in [2.75, 3.05) is 0 Å². The zero-order chi connectivity index (χ0) is 19.9. The molecule has 2 rings (SSSR count). The number of rotatable bonds is 16. The van der Waals surface area contributed by atoms with E-state index < -0.39 is 0 Å². The van der Waals surface area contributed by atoms with Gasteiger partial charge < -0.3 is 0 Å². The van der Waals surface area contributed by atoms with E-state index in [1.807, 2.05) is 0 Å². The summed E-state index contributed by atoms with van der Waals surface area (Å²) in [6, 6.07) is 15.7. The van der Waals surface area contributed by atoms with E-state index in [4.69, 9.17) is 0 Å². The number of unbranched alkanes of at least 4 members (excludes halogenated alkanes) is 12. The summed E-state index contributed by atoms with van der Waals surface area (Å²) in [4.78, 5) is 0. The standard InChI is InChI=1S/C28H44/c1-3-5-6-7-8-9-10-11-12-13-14-15-16-20-25(4-2)27-24-19-22-26-21-17-18-23-28(26)27/h17-19,21-25H,3-16,20H2,1-2H3. The minimum absolute atomic E-state index is 0.721. The molecule has 0 aromatic heterocycles. The van der Waals surface area contributed by atoms with Crippen LogP contribution < -0.4 is 0 Å². The molecule has 0 amide bonds. The predicted octanol–water partition coefficient (Wildman–Crippen LogP) is 9.81. The molecule has 0 spiro atoms. The average Bonchev–Trinajstić information content (AvgIpc) is 2.74. The second-order valence-corrected chi connectivity index (χ2v) is 8.70. The van der Waals surface area contributed by atoms with Crippen molar-refractivity contribution in [3.05, 3.63) is 48.0 Å². The van der Waals surface area contributed by atoms with Crippen molar-refractivity contribution < 1.29 is 0 Å². The lowest BCUT2D eigenvalue weighted by atomic mass is 9.87. The number of hydrogen-bond acceptors (Lipinski definition) is 0. The molecule has 0 nitrogen and oxygen atoms in total. The molecule has 28 heavy (non-hydrogen) atoms. The van der Waals surface area contributed by atoms with Crippen molar-refractivity contribution in [3.8, 4) is 0 Å². The van der Waals surface area contributed by atoms with Crippen molar-refractivity contribution >= 4 is 10.8 Å². The molecule has 0 radical (unpaired) electrons. The number of fused-ring (bicyclic) bond motifs is 1. The lowest BCUT2D eigenvalue weighted by Crippen LogP contribution is -1.99. The summed E-state index contributed by atoms with van der Waals surface area (Å²) < 4.78 is 0. The number of benzene rings is 2. The van der Waals surface area contributed by atoms with Crippen molar-refractivity contribution in [1.82, 2.24) is 0 Å². The molecule has 0 heteroatoms. The lowest BCUT2D eigenvalue weighted by molar-refractivity contribution is 0.515. The molecule has 0 aliphatic heterocycles. The summed E-state index contributed by atoms with van der Waals surface area (Å²) in [7, 11) is 0. The zero-order valence-electron chi connectivity index (χ0n) is 18.7. The highest BCUT2D eigenvalue weighted by Gasteiger charge is 2.12. The van der Waals surface area contributed by atoms with E-state index >= 15 is 0 Å². The van der Waals surface area contributed by atoms with E-state index in [1.165, 1.54) is 107 Å². The fourth-order valence-corrected chi connectivity index (χ4v) is 4.59. The van der Waals surface area contributed by atoms with Crippen LogP contribution in [0.15, 0.2) is 42.5 Å². The first-order valence-electron chi connectivity index (χ1n) is 12.3. The minimum Gasteiger partial charge on any atom is -0.0654 e. The van der Waals surface area contributed by atoms with Crippen LogP contribution in [0, 0.1) is 0 Å². The van der Waals surface area contributed by atoms with Crippen molar-refractivity contribution in [3.63, 3.8) is 0 Å². The van der Waals surface area contributed by atoms with Gasteiger partial charge in [-0.15, -0.1) is 0 Å². The van der Waals surface area contributed by atoms with E-state index in [9.17, 15) is 0 Å². The molecule has 0 fully saturated rings. The Hall–Kier alpha value is -1.30. The van der Waals surface area contributed by atoms with Gasteiger partial charge in [0.25, 0.3) is 0 Å². The summed E-state index contributed by atoms with van der Waals surface area (Å²) in [5.41, 5.74) is 1.57. The Kier molecular flexibility index (Phi) is 12.0. The van der Waals surface area contributed by atoms with Crippen LogP contribution >= 0.6 is 0 Å². The Bertz CT molecular complexity index is 621. The Labute approximate surface area is 175 Å². The summed E-state index contributed by atoms with van der Waals surface area (Å²) in [5.74, 6) is 0.721. The largest absolute Gasteiger partial charge is 0.0654 e. The zero-order valence-corrected chi connectivity index (χ0v) is 18.7. The van der Waals surface area contributed by atoms with Crippen LogP contribution in [0.2, 0.25) is 0 Å². The molecule has 2 aromatic carbocycles. The van der Waals surface area contributed by atoms with Crippen LogP contribution in [0.25, 0.3) is 10.8 Å². The second-order valence-electron chi connectivity index (χ2n) is 8.70. The van der Waals surface area contributed by atoms with Gasteiger partial charge in [-0.05, 0) is 35.1 Å². The molecular weight excluding hydrogens is 336 g/mol. The van der Waals surface area contributed by atoms with Gasteiger partial charge in [-0.2, -0.15) is 0 Å². The van der Waals surface area contributed by atoms with E-state index in [-0.39, 0.29) is 0 Å². The highest BCUT2D eigenvalue weighted by Crippen LogP contribution is 2.31. The maximum absolute atomic E-state index is 2.36. The fourth-order valence-electron chi connectivity index (χ4n) is 4.59. The third kappa shape index (κ3) is 8.38. The Morgan fingerprint density at radius 1 is 0.571 bits per heavy atom. The summed E-state index contributed by atoms with van der Waals surface area (Å²) in [5, 5.41) is 2.86. The van der Waals surface area contributed by atoms with Gasteiger partial charge in [0, 0.05) is 0 Å². The van der Waals surface area contributed by atoms with Crippen molar-refractivity contribution in [2.24, 2.45) is 0 Å². The first kappa shape index (κ1) is 23.0. The topological polar surface area (TPSA) is 0 Å². The third-order valence-electron chi connectivity index (χ3n) is 6.41. The molecule has 0 saturated heterocycles. The summed E-state index contributed by atoms with van der Waals surface area (Å²) in [6.07, 6.45) is 21.3. The summed E-state index contributed by atoms with van der Waals surface area (Å²) in [6.45, 7) is 4.65. The Morgan fingerprint density at radius 2 is 1.11 bits per heavy atom. The monoisotopic (exact) mass is 380 g/mol. The number of hydrogen-bond donors (Lipinski definition) is 0. The Morgan fingerprint density at radius 3 is 1.71 bits per heavy atom. The van der Waals surface area contributed by atoms with Crippen molar-refractivity contribution in [1.29, 1.82) is 0 Å². The first-order valence-corrected chi connectivity index (χ1v) is 12.3. The maximum Gasteiger partial charge on any atom is -0.0149 e. The summed E-state index contributed by atoms with van der Waals surface area (Å²) >= 11 is 0. The quantitative estimate of drug-likeness (QED) is 0.254. The normalized spacial score (nSPS) is 12.5. The van der Waals surface area contributed by atoms with Gasteiger partial charge in [-0.3, -0.25) is 0 Å². The van der Waals surface area contributed by atoms with E-state index in [2.05, 4.69) is 56.3 Å². The van der Waals surface area contributed by atoms with Crippen molar-refractivity contribution in [2.45, 2.75) is 116 Å². The van der Waals surface area contributed by atoms with Crippen LogP contribution in [0.3, 0.4) is 0 Å². The molecule has 156 valence electrons. The van der Waals surface area contributed by atoms with E-state index in [0.29, 0.717) is 0 Å². The third-order valence-corrected chi connectivity index (χ3v) is 6.41. The average molecular weight is 381 g/mol. The molecule has 0 saturated carbocycles. The van der Waals surface area contributed by atoms with Crippen LogP contribution in [0.4, 0.5) is 0 Å². The fraction of sp³-hybridized carbons (Fsp3) is 0.643. The molecular formula is C28H44. The van der Waals surface area contributed by atoms with Crippen LogP contribution in [0.1, 0.15) is 122 Å². The highest BCUT2D eigenvalue weighted by atomic mass is 14.2. The Balaban J connectivity index is 1.55. The maximum atomic E-state index is 2.36. The van der Waals surface area contributed by atoms with Crippen LogP contribution in [-0.2, 0) is 0 Å². The van der Waals surface area contributed by atoms with Gasteiger partial charge in [-0.1, -0.05) is 140 Å². The van der Waals surface area contributed by atoms with Gasteiger partial charge in [0.2, 0.25) is 0 Å². The molecule has 0 aliphatic carbocycles. The predicted molar refractivity (Wildman–Crippen MR) is 127 cm³/mol. The molecule has 2 aromatic rings. The highest BCUT2D eigenvalue weighted by molar-refractivity contribution is 5.86. The second kappa shape index (κ2) is 14.7. The molecule has 0 heterocycles. The molecule has 0 bridgehead atoms. The lowest BCUT2D eigenvalue weighted by Gasteiger charge is -2.17. The van der Waals surface area contributed by atoms with Gasteiger partial charge >= 0.3 is 0 Å². The molecule has 0 aliphatic rings. The molecule has 1 atom stereocenters. The smallest absolute Gasteiger partial charge is 0.0149 e. The van der Waals surface area contributed by atoms with Crippen LogP contribution in [-0.4, -0.2) is 0 Å². The van der Waals surface area contributed by atoms with E-state index in [1.54, 1.807) is 5.56 Å². The molecule has 0 N–H and O–H groups in total. The van der Waals surface area contributed by atoms with Gasteiger partial charge in [0.05, 0.1) is 0 Å². The van der Waals surface area contributed by atoms with Crippen LogP contribution in [0.5, 0.6) is 0 Å². The SMILES string of the molecule is CCCCCCCCCCCCCCCC(CC)c1cccc2ccccc12. The van der Waals surface area contributed by atoms with Gasteiger partial charge in [0.1, 0.15) is 0 Å². The minimum atomic E-state index is 0.721. The van der Waals surface area contributed by atoms with Gasteiger partial charge in [-0.25, -0.2) is 0 Å². The first-order chi connectivity index (χ1) is 13.9. The molecule has 1 unspecified atom stereocenters. The van der Waals surface area contributed by atoms with Gasteiger partial charge in [0.15, 0.2) is 0 Å².